The van der Waals surface area contributed by atoms with E-state index in [1.807, 2.05) is 37.4 Å². The topological polar surface area (TPSA) is 54.7 Å². The van der Waals surface area contributed by atoms with E-state index < -0.39 is 0 Å². The van der Waals surface area contributed by atoms with Gasteiger partial charge in [-0.05, 0) is 36.6 Å². The van der Waals surface area contributed by atoms with Gasteiger partial charge in [-0.15, -0.1) is 0 Å². The molecule has 16 heavy (non-hydrogen) atoms. The van der Waals surface area contributed by atoms with Crippen LogP contribution in [0.5, 0.6) is 0 Å². The maximum atomic E-state index is 5.85. The Morgan fingerprint density at radius 3 is 2.69 bits per heavy atom. The van der Waals surface area contributed by atoms with Gasteiger partial charge in [0.15, 0.2) is 0 Å². The summed E-state index contributed by atoms with van der Waals surface area (Å²) < 4.78 is 0. The summed E-state index contributed by atoms with van der Waals surface area (Å²) in [5, 5.41) is 7.79. The van der Waals surface area contributed by atoms with Crippen LogP contribution in [0.3, 0.4) is 0 Å². The molecule has 0 saturated carbocycles. The highest BCUT2D eigenvalue weighted by Gasteiger charge is 2.09. The van der Waals surface area contributed by atoms with E-state index in [1.54, 1.807) is 0 Å². The van der Waals surface area contributed by atoms with Crippen molar-refractivity contribution in [3.05, 3.63) is 41.0 Å². The Kier molecular flexibility index (Phi) is 3.27. The molecule has 0 saturated heterocycles. The van der Waals surface area contributed by atoms with Crippen molar-refractivity contribution in [1.29, 1.82) is 0 Å². The average Bonchev–Trinajstić information content (AvgIpc) is 2.66. The first-order valence-electron chi connectivity index (χ1n) is 5.20. The molecule has 0 fully saturated rings. The van der Waals surface area contributed by atoms with Crippen molar-refractivity contribution in [3.8, 4) is 11.3 Å². The van der Waals surface area contributed by atoms with Crippen LogP contribution in [0.1, 0.15) is 12.5 Å². The number of nitrogens with two attached hydrogens (primary N) is 1. The van der Waals surface area contributed by atoms with Gasteiger partial charge in [-0.3, -0.25) is 5.10 Å². The Bertz CT molecular complexity index is 459. The molecule has 1 heterocycles. The molecule has 0 amide bonds. The van der Waals surface area contributed by atoms with Gasteiger partial charge >= 0.3 is 0 Å². The van der Waals surface area contributed by atoms with Gasteiger partial charge in [0.05, 0.1) is 11.9 Å². The summed E-state index contributed by atoms with van der Waals surface area (Å²) in [7, 11) is 0. The van der Waals surface area contributed by atoms with Gasteiger partial charge in [-0.1, -0.05) is 23.7 Å². The Balaban J connectivity index is 2.33. The molecular weight excluding hydrogens is 222 g/mol. The fourth-order valence-electron chi connectivity index (χ4n) is 1.68. The predicted octanol–water partition coefficient (Wildman–Crippen LogP) is 2.62. The molecular formula is C12H14ClN3. The summed E-state index contributed by atoms with van der Waals surface area (Å²) in [5.74, 6) is 0. The highest BCUT2D eigenvalue weighted by Crippen LogP contribution is 2.23. The Morgan fingerprint density at radius 1 is 1.38 bits per heavy atom. The Labute approximate surface area is 99.6 Å². The molecule has 1 aromatic carbocycles. The van der Waals surface area contributed by atoms with Crippen molar-refractivity contribution in [1.82, 2.24) is 10.2 Å². The van der Waals surface area contributed by atoms with Gasteiger partial charge in [0.2, 0.25) is 0 Å². The van der Waals surface area contributed by atoms with Gasteiger partial charge in [-0.25, -0.2) is 0 Å². The molecule has 1 atom stereocenters. The molecule has 0 aliphatic rings. The van der Waals surface area contributed by atoms with Crippen molar-refractivity contribution in [2.45, 2.75) is 19.4 Å². The van der Waals surface area contributed by atoms with E-state index in [-0.39, 0.29) is 6.04 Å². The minimum Gasteiger partial charge on any atom is -0.328 e. The zero-order valence-corrected chi connectivity index (χ0v) is 9.83. The number of H-pyrrole nitrogens is 1. The van der Waals surface area contributed by atoms with Crippen LogP contribution >= 0.6 is 11.6 Å². The predicted molar refractivity (Wildman–Crippen MR) is 66.4 cm³/mol. The number of nitrogens with one attached hydrogen (secondary N) is 1. The van der Waals surface area contributed by atoms with E-state index in [9.17, 15) is 0 Å². The highest BCUT2D eigenvalue weighted by atomic mass is 35.5. The standard InChI is InChI=1S/C12H14ClN3/c1-8(14)6-10-7-15-16-12(10)9-2-4-11(13)5-3-9/h2-5,7-8H,6,14H2,1H3,(H,15,16). The number of rotatable bonds is 3. The lowest BCUT2D eigenvalue weighted by molar-refractivity contribution is 0.739. The van der Waals surface area contributed by atoms with Gasteiger partial charge in [-0.2, -0.15) is 5.10 Å². The van der Waals surface area contributed by atoms with Gasteiger partial charge in [0, 0.05) is 11.1 Å². The zero-order valence-electron chi connectivity index (χ0n) is 9.07. The Morgan fingerprint density at radius 2 is 2.06 bits per heavy atom. The second kappa shape index (κ2) is 4.68. The number of hydrogen-bond donors (Lipinski definition) is 2. The second-order valence-corrected chi connectivity index (χ2v) is 4.39. The van der Waals surface area contributed by atoms with Gasteiger partial charge in [0.25, 0.3) is 0 Å². The van der Waals surface area contributed by atoms with Crippen LogP contribution < -0.4 is 5.73 Å². The van der Waals surface area contributed by atoms with Gasteiger partial charge in [0.1, 0.15) is 0 Å². The molecule has 84 valence electrons. The first-order valence-corrected chi connectivity index (χ1v) is 5.58. The third-order valence-corrected chi connectivity index (χ3v) is 2.64. The lowest BCUT2D eigenvalue weighted by atomic mass is 10.0. The first-order chi connectivity index (χ1) is 7.66. The van der Waals surface area contributed by atoms with Crippen LogP contribution in [0.25, 0.3) is 11.3 Å². The lowest BCUT2D eigenvalue weighted by Crippen LogP contribution is -2.17. The molecule has 4 heteroatoms. The van der Waals surface area contributed by atoms with Crippen LogP contribution in [0.15, 0.2) is 30.5 Å². The van der Waals surface area contributed by atoms with Gasteiger partial charge < -0.3 is 5.73 Å². The maximum Gasteiger partial charge on any atom is 0.0682 e. The molecule has 1 aromatic heterocycles. The largest absolute Gasteiger partial charge is 0.328 e. The summed E-state index contributed by atoms with van der Waals surface area (Å²) in [6, 6.07) is 7.81. The van der Waals surface area contributed by atoms with E-state index in [0.29, 0.717) is 0 Å². The molecule has 3 N–H and O–H groups in total. The SMILES string of the molecule is CC(N)Cc1cn[nH]c1-c1ccc(Cl)cc1. The minimum absolute atomic E-state index is 0.128. The summed E-state index contributed by atoms with van der Waals surface area (Å²) in [4.78, 5) is 0. The monoisotopic (exact) mass is 235 g/mol. The van der Waals surface area contributed by atoms with E-state index in [2.05, 4.69) is 10.2 Å². The third kappa shape index (κ3) is 2.43. The van der Waals surface area contributed by atoms with Crippen molar-refractivity contribution in [2.24, 2.45) is 5.73 Å². The van der Waals surface area contributed by atoms with Crippen molar-refractivity contribution in [2.75, 3.05) is 0 Å². The third-order valence-electron chi connectivity index (χ3n) is 2.39. The first kappa shape index (κ1) is 11.2. The fourth-order valence-corrected chi connectivity index (χ4v) is 1.81. The maximum absolute atomic E-state index is 5.85. The number of nitrogens with zero attached hydrogens (tertiary/aromatic N) is 1. The molecule has 0 bridgehead atoms. The van der Waals surface area contributed by atoms with Crippen LogP contribution in [0.2, 0.25) is 5.02 Å². The van der Waals surface area contributed by atoms with Crippen molar-refractivity contribution in [3.63, 3.8) is 0 Å². The number of aromatic nitrogens is 2. The normalized spacial score (nSPS) is 12.7. The van der Waals surface area contributed by atoms with Crippen LogP contribution in [0, 0.1) is 0 Å². The molecule has 3 nitrogen and oxygen atoms in total. The van der Waals surface area contributed by atoms with Crippen LogP contribution in [-0.4, -0.2) is 16.2 Å². The summed E-state index contributed by atoms with van der Waals surface area (Å²) >= 11 is 5.85. The van der Waals surface area contributed by atoms with E-state index in [1.165, 1.54) is 0 Å². The van der Waals surface area contributed by atoms with Crippen molar-refractivity contribution >= 4 is 11.6 Å². The summed E-state index contributed by atoms with van der Waals surface area (Å²) in [5.41, 5.74) is 9.03. The van der Waals surface area contributed by atoms with E-state index >= 15 is 0 Å². The molecule has 0 aliphatic heterocycles. The second-order valence-electron chi connectivity index (χ2n) is 3.96. The fraction of sp³-hybridized carbons (Fsp3) is 0.250. The average molecular weight is 236 g/mol. The van der Waals surface area contributed by atoms with E-state index in [4.69, 9.17) is 17.3 Å². The molecule has 2 aromatic rings. The van der Waals surface area contributed by atoms with Crippen molar-refractivity contribution < 1.29 is 0 Å². The summed E-state index contributed by atoms with van der Waals surface area (Å²) in [6.07, 6.45) is 2.64. The highest BCUT2D eigenvalue weighted by molar-refractivity contribution is 6.30. The van der Waals surface area contributed by atoms with E-state index in [0.717, 1.165) is 28.3 Å². The number of benzene rings is 1. The van der Waals surface area contributed by atoms with Crippen LogP contribution in [0.4, 0.5) is 0 Å². The molecule has 2 rings (SSSR count). The number of aromatic amines is 1. The Hall–Kier alpha value is -1.32. The number of halogens is 1. The molecule has 0 radical (unpaired) electrons. The zero-order chi connectivity index (χ0) is 11.5. The smallest absolute Gasteiger partial charge is 0.0682 e. The minimum atomic E-state index is 0.128. The van der Waals surface area contributed by atoms with Crippen LogP contribution in [-0.2, 0) is 6.42 Å². The summed E-state index contributed by atoms with van der Waals surface area (Å²) in [6.45, 7) is 1.98. The number of hydrogen-bond acceptors (Lipinski definition) is 2. The lowest BCUT2D eigenvalue weighted by Gasteiger charge is -2.06. The molecule has 0 aliphatic carbocycles. The molecule has 0 spiro atoms. The quantitative estimate of drug-likeness (QED) is 0.859. The molecule has 1 unspecified atom stereocenters.